The molecule has 1 aliphatic heterocycles. The van der Waals surface area contributed by atoms with Crippen molar-refractivity contribution >= 4 is 11.9 Å². The Kier molecular flexibility index (Phi) is 6.80. The van der Waals surface area contributed by atoms with E-state index in [2.05, 4.69) is 18.7 Å². The van der Waals surface area contributed by atoms with Gasteiger partial charge in [-0.3, -0.25) is 9.69 Å². The molecule has 1 aliphatic rings. The van der Waals surface area contributed by atoms with Crippen LogP contribution in [0, 0.1) is 0 Å². The molecule has 6 heteroatoms. The Balaban J connectivity index is 2.02. The number of methoxy groups -OCH3 is 2. The van der Waals surface area contributed by atoms with Crippen molar-refractivity contribution in [2.45, 2.75) is 39.4 Å². The molecule has 1 unspecified atom stereocenters. The number of hydrogen-bond donors (Lipinski definition) is 0. The van der Waals surface area contributed by atoms with Crippen molar-refractivity contribution < 1.29 is 19.1 Å². The number of amides is 1. The van der Waals surface area contributed by atoms with Gasteiger partial charge in [0.1, 0.15) is 0 Å². The van der Waals surface area contributed by atoms with Crippen LogP contribution in [0.5, 0.6) is 0 Å². The first kappa shape index (κ1) is 20.0. The Morgan fingerprint density at radius 1 is 1.08 bits per heavy atom. The summed E-state index contributed by atoms with van der Waals surface area (Å²) in [7, 11) is 2.90. The zero-order valence-corrected chi connectivity index (χ0v) is 16.2. The quantitative estimate of drug-likeness (QED) is 0.459. The summed E-state index contributed by atoms with van der Waals surface area (Å²) in [5.41, 5.74) is 1.68. The molecule has 2 atom stereocenters. The van der Waals surface area contributed by atoms with Crippen molar-refractivity contribution in [2.75, 3.05) is 27.3 Å². The minimum atomic E-state index is -0.330. The lowest BCUT2D eigenvalue weighted by Gasteiger charge is -2.44. The van der Waals surface area contributed by atoms with E-state index in [0.717, 1.165) is 25.2 Å². The zero-order chi connectivity index (χ0) is 19.3. The number of esters is 1. The van der Waals surface area contributed by atoms with Crippen molar-refractivity contribution in [3.05, 3.63) is 47.2 Å². The number of benzene rings is 1. The van der Waals surface area contributed by atoms with Crippen LogP contribution in [0.4, 0.5) is 0 Å². The third kappa shape index (κ3) is 4.43. The van der Waals surface area contributed by atoms with Crippen molar-refractivity contribution in [1.29, 1.82) is 0 Å². The highest BCUT2D eigenvalue weighted by atomic mass is 16.5. The van der Waals surface area contributed by atoms with E-state index in [4.69, 9.17) is 9.47 Å². The smallest absolute Gasteiger partial charge is 0.337 e. The van der Waals surface area contributed by atoms with Crippen LogP contribution in [-0.2, 0) is 20.8 Å². The summed E-state index contributed by atoms with van der Waals surface area (Å²) in [5.74, 6) is -0.00326. The van der Waals surface area contributed by atoms with E-state index < -0.39 is 0 Å². The standard InChI is InChI=1S/C20H28N2O4/c1-6-18(25-4)19(23)22-14(2)11-21(12-15(22)3)13-16-7-9-17(10-8-16)20(24)26-5/h6-10,14-15H,11-13H2,1-5H3/b18-6-/t14-,15?/m1/s1. The van der Waals surface area contributed by atoms with Crippen molar-refractivity contribution in [2.24, 2.45) is 0 Å². The largest absolute Gasteiger partial charge is 0.491 e. The van der Waals surface area contributed by atoms with Crippen LogP contribution in [-0.4, -0.2) is 61.1 Å². The molecule has 0 bridgehead atoms. The van der Waals surface area contributed by atoms with Crippen LogP contribution >= 0.6 is 0 Å². The fraction of sp³-hybridized carbons (Fsp3) is 0.500. The van der Waals surface area contributed by atoms with Gasteiger partial charge >= 0.3 is 5.97 Å². The predicted molar refractivity (Wildman–Crippen MR) is 99.6 cm³/mol. The van der Waals surface area contributed by atoms with Gasteiger partial charge in [0, 0.05) is 31.7 Å². The molecule has 142 valence electrons. The number of allylic oxidation sites excluding steroid dienone is 1. The zero-order valence-electron chi connectivity index (χ0n) is 16.2. The molecule has 26 heavy (non-hydrogen) atoms. The Labute approximate surface area is 155 Å². The molecule has 0 radical (unpaired) electrons. The molecule has 0 saturated carbocycles. The van der Waals surface area contributed by atoms with Crippen molar-refractivity contribution in [1.82, 2.24) is 9.80 Å². The van der Waals surface area contributed by atoms with Gasteiger partial charge in [-0.05, 0) is 44.5 Å². The summed E-state index contributed by atoms with van der Waals surface area (Å²) in [6, 6.07) is 7.63. The number of nitrogens with zero attached hydrogens (tertiary/aromatic N) is 2. The molecular formula is C20H28N2O4. The first-order valence-electron chi connectivity index (χ1n) is 8.83. The summed E-state index contributed by atoms with van der Waals surface area (Å²) in [4.78, 5) is 28.4. The second-order valence-corrected chi connectivity index (χ2v) is 6.65. The maximum Gasteiger partial charge on any atom is 0.337 e. The number of rotatable bonds is 5. The number of piperazine rings is 1. The molecule has 0 spiro atoms. The summed E-state index contributed by atoms with van der Waals surface area (Å²) < 4.78 is 9.92. The molecule has 1 amide bonds. The average molecular weight is 360 g/mol. The number of carbonyl (C=O) groups excluding carboxylic acids is 2. The SMILES string of the molecule is C/C=C(\OC)C(=O)N1C(C)CN(Cc2ccc(C(=O)OC)cc2)C[C@H]1C. The maximum atomic E-state index is 12.6. The van der Waals surface area contributed by atoms with Gasteiger partial charge in [0.2, 0.25) is 0 Å². The molecule has 1 saturated heterocycles. The van der Waals surface area contributed by atoms with E-state index in [1.54, 1.807) is 25.1 Å². The van der Waals surface area contributed by atoms with E-state index in [-0.39, 0.29) is 24.0 Å². The monoisotopic (exact) mass is 360 g/mol. The maximum absolute atomic E-state index is 12.6. The van der Waals surface area contributed by atoms with Gasteiger partial charge < -0.3 is 14.4 Å². The van der Waals surface area contributed by atoms with Crippen LogP contribution in [0.1, 0.15) is 36.7 Å². The molecule has 1 heterocycles. The Bertz CT molecular complexity index is 657. The highest BCUT2D eigenvalue weighted by Crippen LogP contribution is 2.20. The van der Waals surface area contributed by atoms with E-state index >= 15 is 0 Å². The number of carbonyl (C=O) groups is 2. The van der Waals surface area contributed by atoms with Gasteiger partial charge in [-0.15, -0.1) is 0 Å². The van der Waals surface area contributed by atoms with E-state index in [1.165, 1.54) is 14.2 Å². The lowest BCUT2D eigenvalue weighted by atomic mass is 10.1. The first-order valence-corrected chi connectivity index (χ1v) is 8.83. The Morgan fingerprint density at radius 2 is 1.65 bits per heavy atom. The minimum absolute atomic E-state index is 0.0583. The second kappa shape index (κ2) is 8.85. The fourth-order valence-electron chi connectivity index (χ4n) is 3.54. The summed E-state index contributed by atoms with van der Waals surface area (Å²) in [6.45, 7) is 8.28. The highest BCUT2D eigenvalue weighted by molar-refractivity contribution is 5.92. The third-order valence-corrected chi connectivity index (χ3v) is 4.70. The molecule has 2 rings (SSSR count). The van der Waals surface area contributed by atoms with Crippen LogP contribution in [0.2, 0.25) is 0 Å². The van der Waals surface area contributed by atoms with Crippen molar-refractivity contribution in [3.63, 3.8) is 0 Å². The van der Waals surface area contributed by atoms with Gasteiger partial charge in [-0.2, -0.15) is 0 Å². The Morgan fingerprint density at radius 3 is 2.12 bits per heavy atom. The van der Waals surface area contributed by atoms with E-state index in [1.807, 2.05) is 17.0 Å². The molecule has 1 aromatic carbocycles. The topological polar surface area (TPSA) is 59.1 Å². The van der Waals surface area contributed by atoms with Gasteiger partial charge in [0.15, 0.2) is 5.76 Å². The van der Waals surface area contributed by atoms with E-state index in [0.29, 0.717) is 11.3 Å². The molecule has 6 nitrogen and oxygen atoms in total. The van der Waals surface area contributed by atoms with Gasteiger partial charge in [-0.25, -0.2) is 4.79 Å². The summed E-state index contributed by atoms with van der Waals surface area (Å²) in [5, 5.41) is 0. The molecule has 0 N–H and O–H groups in total. The van der Waals surface area contributed by atoms with Crippen LogP contribution in [0.15, 0.2) is 36.1 Å². The van der Waals surface area contributed by atoms with Crippen LogP contribution in [0.3, 0.4) is 0 Å². The minimum Gasteiger partial charge on any atom is -0.491 e. The molecule has 0 aromatic heterocycles. The average Bonchev–Trinajstić information content (AvgIpc) is 2.62. The van der Waals surface area contributed by atoms with Gasteiger partial charge in [0.25, 0.3) is 5.91 Å². The third-order valence-electron chi connectivity index (χ3n) is 4.70. The summed E-state index contributed by atoms with van der Waals surface area (Å²) in [6.07, 6.45) is 1.71. The lowest BCUT2D eigenvalue weighted by molar-refractivity contribution is -0.138. The van der Waals surface area contributed by atoms with E-state index in [9.17, 15) is 9.59 Å². The van der Waals surface area contributed by atoms with Crippen molar-refractivity contribution in [3.8, 4) is 0 Å². The normalized spacial score (nSPS) is 21.4. The highest BCUT2D eigenvalue weighted by Gasteiger charge is 2.34. The second-order valence-electron chi connectivity index (χ2n) is 6.65. The Hall–Kier alpha value is -2.34. The fourth-order valence-corrected chi connectivity index (χ4v) is 3.54. The summed E-state index contributed by atoms with van der Waals surface area (Å²) >= 11 is 0. The first-order chi connectivity index (χ1) is 12.4. The number of ether oxygens (including phenoxy) is 2. The van der Waals surface area contributed by atoms with Crippen LogP contribution in [0.25, 0.3) is 0 Å². The van der Waals surface area contributed by atoms with Crippen LogP contribution < -0.4 is 0 Å². The molecule has 1 aromatic rings. The number of hydrogen-bond acceptors (Lipinski definition) is 5. The lowest BCUT2D eigenvalue weighted by Crippen LogP contribution is -2.58. The molecule has 0 aliphatic carbocycles. The predicted octanol–water partition coefficient (Wildman–Crippen LogP) is 2.44. The van der Waals surface area contributed by atoms with Gasteiger partial charge in [0.05, 0.1) is 19.8 Å². The molecular weight excluding hydrogens is 332 g/mol. The molecule has 1 fully saturated rings. The van der Waals surface area contributed by atoms with Gasteiger partial charge in [-0.1, -0.05) is 12.1 Å².